The van der Waals surface area contributed by atoms with Crippen molar-refractivity contribution in [3.63, 3.8) is 0 Å². The Kier molecular flexibility index (Phi) is 3.05. The second-order valence-electron chi connectivity index (χ2n) is 3.72. The molecule has 8 heteroatoms. The number of H-pyrrole nitrogens is 1. The topological polar surface area (TPSA) is 112 Å². The largest absolute Gasteiger partial charge is 0.480 e. The number of aromatic amines is 1. The maximum Gasteiger partial charge on any atom is 0.318 e. The van der Waals surface area contributed by atoms with Gasteiger partial charge in [0.2, 0.25) is 10.0 Å². The Hall–Kier alpha value is -1.93. The maximum atomic E-state index is 11.8. The number of nitrogens with one attached hydrogen (secondary N) is 2. The van der Waals surface area contributed by atoms with Gasteiger partial charge >= 0.3 is 5.97 Å². The highest BCUT2D eigenvalue weighted by Crippen LogP contribution is 2.16. The molecule has 0 bridgehead atoms. The first-order chi connectivity index (χ1) is 8.38. The fourth-order valence-electron chi connectivity index (χ4n) is 1.52. The van der Waals surface area contributed by atoms with Gasteiger partial charge in [-0.05, 0) is 25.1 Å². The first-order valence-corrected chi connectivity index (χ1v) is 6.54. The quantitative estimate of drug-likeness (QED) is 0.735. The summed E-state index contributed by atoms with van der Waals surface area (Å²) in [6.07, 6.45) is 0. The van der Waals surface area contributed by atoms with Crippen LogP contribution < -0.4 is 4.72 Å². The minimum Gasteiger partial charge on any atom is -0.480 e. The summed E-state index contributed by atoms with van der Waals surface area (Å²) in [7, 11) is -3.82. The Morgan fingerprint density at radius 1 is 1.50 bits per heavy atom. The lowest BCUT2D eigenvalue weighted by Gasteiger charge is -2.04. The molecule has 0 radical (unpaired) electrons. The van der Waals surface area contributed by atoms with Crippen LogP contribution in [0.1, 0.15) is 5.82 Å². The molecule has 0 aliphatic rings. The van der Waals surface area contributed by atoms with Gasteiger partial charge < -0.3 is 10.1 Å². The molecular weight excluding hydrogens is 258 g/mol. The van der Waals surface area contributed by atoms with Crippen LogP contribution in [0.15, 0.2) is 23.1 Å². The summed E-state index contributed by atoms with van der Waals surface area (Å²) in [5, 5.41) is 8.46. The Morgan fingerprint density at radius 2 is 2.22 bits per heavy atom. The lowest BCUT2D eigenvalue weighted by atomic mass is 10.3. The molecule has 2 rings (SSSR count). The fraction of sp³-hybridized carbons (Fsp3) is 0.200. The Bertz CT molecular complexity index is 705. The molecule has 0 atom stereocenters. The zero-order chi connectivity index (χ0) is 13.3. The van der Waals surface area contributed by atoms with E-state index in [9.17, 15) is 13.2 Å². The second kappa shape index (κ2) is 4.39. The number of fused-ring (bicyclic) bond motifs is 1. The van der Waals surface area contributed by atoms with Crippen molar-refractivity contribution < 1.29 is 18.3 Å². The number of aliphatic carboxylic acids is 1. The minimum absolute atomic E-state index is 0.0000926. The number of rotatable bonds is 4. The van der Waals surface area contributed by atoms with Gasteiger partial charge in [-0.1, -0.05) is 0 Å². The van der Waals surface area contributed by atoms with Crippen LogP contribution in [0.4, 0.5) is 0 Å². The monoisotopic (exact) mass is 269 g/mol. The molecule has 0 unspecified atom stereocenters. The first-order valence-electron chi connectivity index (χ1n) is 5.06. The number of carboxylic acids is 1. The van der Waals surface area contributed by atoms with Crippen LogP contribution in [-0.2, 0) is 14.8 Å². The Balaban J connectivity index is 2.38. The molecule has 1 heterocycles. The number of aromatic nitrogens is 2. The van der Waals surface area contributed by atoms with Gasteiger partial charge in [0, 0.05) is 0 Å². The lowest BCUT2D eigenvalue weighted by Crippen LogP contribution is -2.29. The third-order valence-corrected chi connectivity index (χ3v) is 3.69. The smallest absolute Gasteiger partial charge is 0.318 e. The van der Waals surface area contributed by atoms with Crippen molar-refractivity contribution in [2.24, 2.45) is 0 Å². The molecule has 0 aliphatic carbocycles. The van der Waals surface area contributed by atoms with Crippen molar-refractivity contribution in [1.29, 1.82) is 0 Å². The van der Waals surface area contributed by atoms with Crippen molar-refractivity contribution in [3.05, 3.63) is 24.0 Å². The molecule has 0 fully saturated rings. The van der Waals surface area contributed by atoms with E-state index in [0.717, 1.165) is 0 Å². The van der Waals surface area contributed by atoms with Crippen LogP contribution in [0, 0.1) is 6.92 Å². The minimum atomic E-state index is -3.82. The van der Waals surface area contributed by atoms with E-state index >= 15 is 0 Å². The number of hydrogen-bond donors (Lipinski definition) is 3. The zero-order valence-corrected chi connectivity index (χ0v) is 10.3. The average Bonchev–Trinajstić information content (AvgIpc) is 2.65. The summed E-state index contributed by atoms with van der Waals surface area (Å²) < 4.78 is 25.5. The van der Waals surface area contributed by atoms with Crippen LogP contribution in [-0.4, -0.2) is 36.0 Å². The van der Waals surface area contributed by atoms with E-state index < -0.39 is 22.5 Å². The summed E-state index contributed by atoms with van der Waals surface area (Å²) >= 11 is 0. The molecule has 0 spiro atoms. The Labute approximate surface area is 103 Å². The Morgan fingerprint density at radius 3 is 2.89 bits per heavy atom. The van der Waals surface area contributed by atoms with Crippen molar-refractivity contribution in [3.8, 4) is 0 Å². The van der Waals surface area contributed by atoms with Gasteiger partial charge in [0.1, 0.15) is 12.4 Å². The predicted molar refractivity (Wildman–Crippen MR) is 63.7 cm³/mol. The van der Waals surface area contributed by atoms with Gasteiger partial charge in [0.25, 0.3) is 0 Å². The maximum absolute atomic E-state index is 11.8. The normalized spacial score (nSPS) is 11.8. The summed E-state index contributed by atoms with van der Waals surface area (Å²) in [4.78, 5) is 17.4. The molecule has 0 aliphatic heterocycles. The number of benzene rings is 1. The van der Waals surface area contributed by atoms with Gasteiger partial charge in [-0.25, -0.2) is 13.4 Å². The van der Waals surface area contributed by atoms with Crippen molar-refractivity contribution >= 4 is 27.0 Å². The van der Waals surface area contributed by atoms with E-state index in [1.165, 1.54) is 12.1 Å². The van der Waals surface area contributed by atoms with E-state index in [2.05, 4.69) is 9.97 Å². The SMILES string of the molecule is Cc1nc2ccc(S(=O)(=O)NCC(=O)O)cc2[nH]1. The molecule has 1 aromatic heterocycles. The van der Waals surface area contributed by atoms with E-state index in [1.54, 1.807) is 13.0 Å². The predicted octanol–water partition coefficient (Wildman–Crippen LogP) is 0.234. The van der Waals surface area contributed by atoms with Gasteiger partial charge in [-0.3, -0.25) is 4.79 Å². The van der Waals surface area contributed by atoms with Crippen LogP contribution >= 0.6 is 0 Å². The second-order valence-corrected chi connectivity index (χ2v) is 5.49. The van der Waals surface area contributed by atoms with Gasteiger partial charge in [-0.2, -0.15) is 4.72 Å². The standard InChI is InChI=1S/C10H11N3O4S/c1-6-12-8-3-2-7(4-9(8)13-6)18(16,17)11-5-10(14)15/h2-4,11H,5H2,1H3,(H,12,13)(H,14,15). The number of imidazole rings is 1. The molecule has 3 N–H and O–H groups in total. The molecule has 0 amide bonds. The van der Waals surface area contributed by atoms with E-state index in [4.69, 9.17) is 5.11 Å². The van der Waals surface area contributed by atoms with Crippen LogP contribution in [0.3, 0.4) is 0 Å². The van der Waals surface area contributed by atoms with Crippen molar-refractivity contribution in [2.75, 3.05) is 6.54 Å². The molecule has 0 saturated carbocycles. The van der Waals surface area contributed by atoms with E-state index in [1.807, 2.05) is 4.72 Å². The molecule has 0 saturated heterocycles. The fourth-order valence-corrected chi connectivity index (χ4v) is 2.52. The number of carbonyl (C=O) groups is 1. The lowest BCUT2D eigenvalue weighted by molar-refractivity contribution is -0.135. The summed E-state index contributed by atoms with van der Waals surface area (Å²) in [5.41, 5.74) is 1.25. The van der Waals surface area contributed by atoms with Crippen LogP contribution in [0.5, 0.6) is 0 Å². The molecule has 96 valence electrons. The number of aryl methyl sites for hydroxylation is 1. The highest BCUT2D eigenvalue weighted by molar-refractivity contribution is 7.89. The summed E-state index contributed by atoms with van der Waals surface area (Å²) in [6, 6.07) is 4.36. The van der Waals surface area contributed by atoms with Crippen molar-refractivity contribution in [1.82, 2.24) is 14.7 Å². The summed E-state index contributed by atoms with van der Waals surface area (Å²) in [6.45, 7) is 1.11. The van der Waals surface area contributed by atoms with Crippen LogP contribution in [0.2, 0.25) is 0 Å². The zero-order valence-electron chi connectivity index (χ0n) is 9.47. The molecule has 7 nitrogen and oxygen atoms in total. The summed E-state index contributed by atoms with van der Waals surface area (Å²) in [5.74, 6) is -0.560. The number of sulfonamides is 1. The third kappa shape index (κ3) is 2.49. The molecule has 2 aromatic rings. The van der Waals surface area contributed by atoms with Crippen molar-refractivity contribution in [2.45, 2.75) is 11.8 Å². The molecule has 18 heavy (non-hydrogen) atoms. The van der Waals surface area contributed by atoms with Gasteiger partial charge in [0.15, 0.2) is 0 Å². The first kappa shape index (κ1) is 12.5. The number of hydrogen-bond acceptors (Lipinski definition) is 4. The van der Waals surface area contributed by atoms with E-state index in [-0.39, 0.29) is 4.90 Å². The number of carboxylic acid groups (broad SMARTS) is 1. The van der Waals surface area contributed by atoms with Crippen LogP contribution in [0.25, 0.3) is 11.0 Å². The average molecular weight is 269 g/mol. The van der Waals surface area contributed by atoms with Gasteiger partial charge in [0.05, 0.1) is 15.9 Å². The van der Waals surface area contributed by atoms with Gasteiger partial charge in [-0.15, -0.1) is 0 Å². The highest BCUT2D eigenvalue weighted by atomic mass is 32.2. The molecular formula is C10H11N3O4S. The highest BCUT2D eigenvalue weighted by Gasteiger charge is 2.16. The molecule has 1 aromatic carbocycles. The van der Waals surface area contributed by atoms with E-state index in [0.29, 0.717) is 16.9 Å². The third-order valence-electron chi connectivity index (χ3n) is 2.30. The number of nitrogens with zero attached hydrogens (tertiary/aromatic N) is 1.